The second-order valence-corrected chi connectivity index (χ2v) is 8.42. The predicted octanol–water partition coefficient (Wildman–Crippen LogP) is 5.63. The fourth-order valence-corrected chi connectivity index (χ4v) is 4.81. The average molecular weight is 457 g/mol. The Morgan fingerprint density at radius 2 is 1.83 bits per heavy atom. The molecule has 0 aliphatic carbocycles. The van der Waals surface area contributed by atoms with Crippen LogP contribution in [0.4, 0.5) is 0 Å². The van der Waals surface area contributed by atoms with Crippen molar-refractivity contribution in [1.82, 2.24) is 24.6 Å². The van der Waals surface area contributed by atoms with Crippen LogP contribution in [0.25, 0.3) is 27.8 Å². The van der Waals surface area contributed by atoms with Gasteiger partial charge in [0.05, 0.1) is 12.7 Å². The maximum absolute atomic E-state index is 6.48. The standard InChI is InChI=1S/C28H19N5O2/c1-34-20-11-8-18(9-12-20)23-22-13-10-17-5-2-3-7-21(17)25(22)35-28-24(23)27-31-26(32-33(27)16-30-28)19-6-4-14-29-15-19/h2-16,23H,1H3/t23-/m0/s1. The van der Waals surface area contributed by atoms with Crippen LogP contribution in [-0.4, -0.2) is 31.7 Å². The Bertz CT molecular complexity index is 1710. The van der Waals surface area contributed by atoms with Gasteiger partial charge in [0, 0.05) is 34.8 Å². The molecule has 0 radical (unpaired) electrons. The molecule has 0 unspecified atom stereocenters. The van der Waals surface area contributed by atoms with Crippen LogP contribution in [0.5, 0.6) is 17.4 Å². The van der Waals surface area contributed by atoms with E-state index in [0.29, 0.717) is 17.4 Å². The maximum atomic E-state index is 6.48. The summed E-state index contributed by atoms with van der Waals surface area (Å²) < 4.78 is 13.6. The molecule has 4 heterocycles. The summed E-state index contributed by atoms with van der Waals surface area (Å²) in [4.78, 5) is 13.8. The zero-order valence-corrected chi connectivity index (χ0v) is 18.8. The predicted molar refractivity (Wildman–Crippen MR) is 132 cm³/mol. The van der Waals surface area contributed by atoms with E-state index in [-0.39, 0.29) is 5.92 Å². The Hall–Kier alpha value is -4.78. The van der Waals surface area contributed by atoms with E-state index in [0.717, 1.165) is 44.5 Å². The van der Waals surface area contributed by atoms with E-state index in [1.807, 2.05) is 36.4 Å². The topological polar surface area (TPSA) is 74.4 Å². The highest BCUT2D eigenvalue weighted by atomic mass is 16.5. The molecule has 0 N–H and O–H groups in total. The van der Waals surface area contributed by atoms with Gasteiger partial charge in [-0.25, -0.2) is 14.5 Å². The zero-order chi connectivity index (χ0) is 23.4. The van der Waals surface area contributed by atoms with Gasteiger partial charge >= 0.3 is 0 Å². The molecule has 1 aliphatic rings. The van der Waals surface area contributed by atoms with Crippen molar-refractivity contribution in [3.05, 3.63) is 108 Å². The van der Waals surface area contributed by atoms with E-state index >= 15 is 0 Å². The summed E-state index contributed by atoms with van der Waals surface area (Å²) in [6, 6.07) is 24.4. The van der Waals surface area contributed by atoms with E-state index < -0.39 is 0 Å². The number of nitrogens with zero attached hydrogens (tertiary/aromatic N) is 5. The summed E-state index contributed by atoms with van der Waals surface area (Å²) in [7, 11) is 1.67. The Kier molecular flexibility index (Phi) is 4.29. The summed E-state index contributed by atoms with van der Waals surface area (Å²) in [5.41, 5.74) is 4.57. The summed E-state index contributed by atoms with van der Waals surface area (Å²) in [6.07, 6.45) is 5.15. The van der Waals surface area contributed by atoms with Gasteiger partial charge in [-0.3, -0.25) is 4.98 Å². The van der Waals surface area contributed by atoms with Gasteiger partial charge in [0.2, 0.25) is 5.88 Å². The largest absolute Gasteiger partial charge is 0.497 e. The van der Waals surface area contributed by atoms with Crippen LogP contribution in [0.3, 0.4) is 0 Å². The van der Waals surface area contributed by atoms with Crippen LogP contribution in [0.15, 0.2) is 91.5 Å². The summed E-state index contributed by atoms with van der Waals surface area (Å²) in [6.45, 7) is 0. The third-order valence-electron chi connectivity index (χ3n) is 6.46. The molecule has 0 amide bonds. The highest BCUT2D eigenvalue weighted by Crippen LogP contribution is 2.50. The van der Waals surface area contributed by atoms with Crippen molar-refractivity contribution in [2.75, 3.05) is 7.11 Å². The minimum atomic E-state index is -0.147. The van der Waals surface area contributed by atoms with Crippen molar-refractivity contribution in [3.63, 3.8) is 0 Å². The second-order valence-electron chi connectivity index (χ2n) is 8.42. The molecule has 7 nitrogen and oxygen atoms in total. The van der Waals surface area contributed by atoms with Crippen molar-refractivity contribution >= 4 is 16.4 Å². The van der Waals surface area contributed by atoms with Gasteiger partial charge in [0.15, 0.2) is 11.5 Å². The van der Waals surface area contributed by atoms with Crippen LogP contribution in [0.1, 0.15) is 22.6 Å². The molecule has 168 valence electrons. The molecule has 0 saturated carbocycles. The molecule has 0 fully saturated rings. The first-order valence-corrected chi connectivity index (χ1v) is 11.3. The highest BCUT2D eigenvalue weighted by Gasteiger charge is 2.34. The molecule has 6 aromatic rings. The van der Waals surface area contributed by atoms with Crippen molar-refractivity contribution < 1.29 is 9.47 Å². The maximum Gasteiger partial charge on any atom is 0.228 e. The number of fused-ring (bicyclic) bond motifs is 6. The number of rotatable bonds is 3. The van der Waals surface area contributed by atoms with Crippen LogP contribution in [-0.2, 0) is 0 Å². The van der Waals surface area contributed by atoms with Gasteiger partial charge in [-0.2, -0.15) is 0 Å². The molecule has 0 saturated heterocycles. The lowest BCUT2D eigenvalue weighted by atomic mass is 9.83. The lowest BCUT2D eigenvalue weighted by molar-refractivity contribution is 0.414. The van der Waals surface area contributed by atoms with Gasteiger partial charge in [0.1, 0.15) is 17.8 Å². The fraction of sp³-hybridized carbons (Fsp3) is 0.0714. The smallest absolute Gasteiger partial charge is 0.228 e. The van der Waals surface area contributed by atoms with E-state index in [1.165, 1.54) is 0 Å². The lowest BCUT2D eigenvalue weighted by Gasteiger charge is -2.28. The minimum Gasteiger partial charge on any atom is -0.497 e. The Labute approximate surface area is 200 Å². The van der Waals surface area contributed by atoms with Crippen molar-refractivity contribution in [1.29, 1.82) is 0 Å². The van der Waals surface area contributed by atoms with Crippen LogP contribution < -0.4 is 9.47 Å². The molecule has 1 aliphatic heterocycles. The molecule has 35 heavy (non-hydrogen) atoms. The van der Waals surface area contributed by atoms with Gasteiger partial charge in [-0.15, -0.1) is 5.10 Å². The first-order valence-electron chi connectivity index (χ1n) is 11.3. The molecule has 0 bridgehead atoms. The van der Waals surface area contributed by atoms with E-state index in [1.54, 1.807) is 30.3 Å². The first-order chi connectivity index (χ1) is 17.3. The number of ether oxygens (including phenoxy) is 2. The van der Waals surface area contributed by atoms with Crippen LogP contribution >= 0.6 is 0 Å². The molecule has 1 atom stereocenters. The number of hydrogen-bond donors (Lipinski definition) is 0. The molecule has 7 heteroatoms. The molecule has 3 aromatic heterocycles. The third-order valence-corrected chi connectivity index (χ3v) is 6.46. The molecule has 0 spiro atoms. The average Bonchev–Trinajstić information content (AvgIpc) is 3.37. The summed E-state index contributed by atoms with van der Waals surface area (Å²) >= 11 is 0. The second kappa shape index (κ2) is 7.63. The van der Waals surface area contributed by atoms with E-state index in [2.05, 4.69) is 51.5 Å². The summed E-state index contributed by atoms with van der Waals surface area (Å²) in [5, 5.41) is 6.85. The highest BCUT2D eigenvalue weighted by molar-refractivity contribution is 5.91. The monoisotopic (exact) mass is 457 g/mol. The quantitative estimate of drug-likeness (QED) is 0.342. The van der Waals surface area contributed by atoms with Crippen LogP contribution in [0, 0.1) is 0 Å². The Balaban J connectivity index is 1.51. The molecule has 3 aromatic carbocycles. The SMILES string of the molecule is COc1ccc([C@H]2c3ccc4ccccc4c3Oc3ncn4nc(-c5cccnc5)nc4c32)cc1. The number of benzene rings is 3. The van der Waals surface area contributed by atoms with Gasteiger partial charge in [0.25, 0.3) is 0 Å². The van der Waals surface area contributed by atoms with Gasteiger partial charge < -0.3 is 9.47 Å². The van der Waals surface area contributed by atoms with Crippen molar-refractivity contribution in [2.45, 2.75) is 5.92 Å². The number of methoxy groups -OCH3 is 1. The minimum absolute atomic E-state index is 0.147. The Morgan fingerprint density at radius 3 is 2.66 bits per heavy atom. The number of aromatic nitrogens is 5. The van der Waals surface area contributed by atoms with Crippen molar-refractivity contribution in [2.24, 2.45) is 0 Å². The molecule has 7 rings (SSSR count). The van der Waals surface area contributed by atoms with Crippen molar-refractivity contribution in [3.8, 4) is 28.8 Å². The van der Waals surface area contributed by atoms with Crippen LogP contribution in [0.2, 0.25) is 0 Å². The molecular formula is C28H19N5O2. The first kappa shape index (κ1) is 19.7. The van der Waals surface area contributed by atoms with Gasteiger partial charge in [-0.05, 0) is 35.2 Å². The fourth-order valence-electron chi connectivity index (χ4n) is 4.81. The lowest BCUT2D eigenvalue weighted by Crippen LogP contribution is -2.15. The van der Waals surface area contributed by atoms with Gasteiger partial charge in [-0.1, -0.05) is 48.5 Å². The number of pyridine rings is 1. The number of hydrogen-bond acceptors (Lipinski definition) is 6. The molecular weight excluding hydrogens is 438 g/mol. The zero-order valence-electron chi connectivity index (χ0n) is 18.8. The van der Waals surface area contributed by atoms with E-state index in [4.69, 9.17) is 14.5 Å². The summed E-state index contributed by atoms with van der Waals surface area (Å²) in [5.74, 6) is 2.60. The normalized spacial score (nSPS) is 14.4. The Morgan fingerprint density at radius 1 is 0.943 bits per heavy atom. The van der Waals surface area contributed by atoms with E-state index in [9.17, 15) is 0 Å². The third kappa shape index (κ3) is 3.05.